The first kappa shape index (κ1) is 9.21. The van der Waals surface area contributed by atoms with E-state index < -0.39 is 0 Å². The Morgan fingerprint density at radius 1 is 1.80 bits per heavy atom. The van der Waals surface area contributed by atoms with Crippen LogP contribution < -0.4 is 5.32 Å². The van der Waals surface area contributed by atoms with Gasteiger partial charge in [0.2, 0.25) is 5.91 Å². The van der Waals surface area contributed by atoms with Gasteiger partial charge in [-0.3, -0.25) is 4.79 Å². The van der Waals surface area contributed by atoms with Gasteiger partial charge in [0.05, 0.1) is 5.92 Å². The molecule has 1 N–H and O–H groups in total. The van der Waals surface area contributed by atoms with Crippen molar-refractivity contribution in [2.45, 2.75) is 20.3 Å². The lowest BCUT2D eigenvalue weighted by Crippen LogP contribution is -2.28. The molecule has 0 unspecified atom stereocenters. The van der Waals surface area contributed by atoms with E-state index in [2.05, 4.69) is 11.9 Å². The first-order valence-corrected chi connectivity index (χ1v) is 3.62. The predicted molar refractivity (Wildman–Crippen MR) is 42.7 cm³/mol. The van der Waals surface area contributed by atoms with Crippen molar-refractivity contribution >= 4 is 5.91 Å². The Hall–Kier alpha value is -0.790. The minimum absolute atomic E-state index is 0.0634. The third-order valence-corrected chi connectivity index (χ3v) is 1.32. The maximum absolute atomic E-state index is 11.0. The largest absolute Gasteiger partial charge is 0.356 e. The quantitative estimate of drug-likeness (QED) is 0.588. The van der Waals surface area contributed by atoms with Gasteiger partial charge in [0, 0.05) is 6.54 Å². The third kappa shape index (κ3) is 3.28. The average molecular weight is 141 g/mol. The highest BCUT2D eigenvalue weighted by Crippen LogP contribution is 1.93. The summed E-state index contributed by atoms with van der Waals surface area (Å²) < 4.78 is 0. The first-order chi connectivity index (χ1) is 4.72. The van der Waals surface area contributed by atoms with E-state index in [0.717, 1.165) is 13.0 Å². The summed E-state index contributed by atoms with van der Waals surface area (Å²) in [5.74, 6) is 0.00315. The van der Waals surface area contributed by atoms with Crippen molar-refractivity contribution in [3.05, 3.63) is 12.7 Å². The highest BCUT2D eigenvalue weighted by Gasteiger charge is 2.05. The van der Waals surface area contributed by atoms with E-state index in [1.54, 1.807) is 6.08 Å². The summed E-state index contributed by atoms with van der Waals surface area (Å²) in [6.45, 7) is 8.15. The van der Waals surface area contributed by atoms with Crippen molar-refractivity contribution in [1.29, 1.82) is 0 Å². The summed E-state index contributed by atoms with van der Waals surface area (Å²) >= 11 is 0. The summed E-state index contributed by atoms with van der Waals surface area (Å²) in [7, 11) is 0. The molecular formula is C8H15NO. The number of rotatable bonds is 4. The molecule has 0 radical (unpaired) electrons. The second-order valence-electron chi connectivity index (χ2n) is 2.32. The molecule has 2 heteroatoms. The molecule has 2 nitrogen and oxygen atoms in total. The zero-order valence-electron chi connectivity index (χ0n) is 6.68. The van der Waals surface area contributed by atoms with Gasteiger partial charge in [0.1, 0.15) is 0 Å². The Balaban J connectivity index is 3.51. The molecule has 0 fully saturated rings. The Labute approximate surface area is 62.3 Å². The fourth-order valence-corrected chi connectivity index (χ4v) is 0.516. The lowest BCUT2D eigenvalue weighted by atomic mass is 10.2. The van der Waals surface area contributed by atoms with Crippen LogP contribution in [-0.2, 0) is 4.79 Å². The van der Waals surface area contributed by atoms with E-state index >= 15 is 0 Å². The molecule has 0 aliphatic heterocycles. The number of carbonyl (C=O) groups excluding carboxylic acids is 1. The lowest BCUT2D eigenvalue weighted by Gasteiger charge is -2.05. The Morgan fingerprint density at radius 3 is 2.80 bits per heavy atom. The van der Waals surface area contributed by atoms with E-state index in [1.807, 2.05) is 13.8 Å². The van der Waals surface area contributed by atoms with Crippen molar-refractivity contribution in [3.8, 4) is 0 Å². The van der Waals surface area contributed by atoms with E-state index in [9.17, 15) is 4.79 Å². The normalized spacial score (nSPS) is 12.2. The molecule has 0 saturated heterocycles. The van der Waals surface area contributed by atoms with Gasteiger partial charge in [0.25, 0.3) is 0 Å². The second-order valence-corrected chi connectivity index (χ2v) is 2.32. The van der Waals surface area contributed by atoms with Gasteiger partial charge in [-0.25, -0.2) is 0 Å². The molecule has 0 aliphatic rings. The van der Waals surface area contributed by atoms with Gasteiger partial charge in [-0.15, -0.1) is 6.58 Å². The Kier molecular flexibility index (Phi) is 4.63. The molecule has 0 aromatic carbocycles. The predicted octanol–water partition coefficient (Wildman–Crippen LogP) is 1.33. The van der Waals surface area contributed by atoms with Crippen molar-refractivity contribution in [2.75, 3.05) is 6.54 Å². The van der Waals surface area contributed by atoms with E-state index in [4.69, 9.17) is 0 Å². The maximum Gasteiger partial charge on any atom is 0.226 e. The smallest absolute Gasteiger partial charge is 0.226 e. The zero-order valence-corrected chi connectivity index (χ0v) is 6.68. The second kappa shape index (κ2) is 5.03. The lowest BCUT2D eigenvalue weighted by molar-refractivity contribution is -0.123. The first-order valence-electron chi connectivity index (χ1n) is 3.62. The number of nitrogens with one attached hydrogen (secondary N) is 1. The van der Waals surface area contributed by atoms with Gasteiger partial charge >= 0.3 is 0 Å². The molecule has 0 heterocycles. The summed E-state index contributed by atoms with van der Waals surface area (Å²) in [4.78, 5) is 11.0. The van der Waals surface area contributed by atoms with Gasteiger partial charge in [-0.1, -0.05) is 19.9 Å². The van der Waals surface area contributed by atoms with Crippen LogP contribution in [-0.4, -0.2) is 12.5 Å². The summed E-state index contributed by atoms with van der Waals surface area (Å²) in [6.07, 6.45) is 2.63. The summed E-state index contributed by atoms with van der Waals surface area (Å²) in [5, 5.41) is 2.77. The van der Waals surface area contributed by atoms with E-state index in [0.29, 0.717) is 0 Å². The molecular weight excluding hydrogens is 126 g/mol. The molecule has 58 valence electrons. The standard InChI is InChI=1S/C8H15NO/c1-4-6-9-8(10)7(3)5-2/h5,7H,2,4,6H2,1,3H3,(H,9,10)/t7-/m0/s1. The Morgan fingerprint density at radius 2 is 2.40 bits per heavy atom. The molecule has 0 aliphatic carbocycles. The molecule has 0 rings (SSSR count). The van der Waals surface area contributed by atoms with Crippen molar-refractivity contribution in [2.24, 2.45) is 5.92 Å². The van der Waals surface area contributed by atoms with Crippen molar-refractivity contribution in [1.82, 2.24) is 5.32 Å². The van der Waals surface area contributed by atoms with Crippen LogP contribution in [0.4, 0.5) is 0 Å². The molecule has 0 bridgehead atoms. The van der Waals surface area contributed by atoms with Crippen LogP contribution >= 0.6 is 0 Å². The van der Waals surface area contributed by atoms with Crippen molar-refractivity contribution in [3.63, 3.8) is 0 Å². The van der Waals surface area contributed by atoms with Crippen LogP contribution in [0.25, 0.3) is 0 Å². The highest BCUT2D eigenvalue weighted by molar-refractivity contribution is 5.79. The van der Waals surface area contributed by atoms with Gasteiger partial charge in [0.15, 0.2) is 0 Å². The number of carbonyl (C=O) groups is 1. The van der Waals surface area contributed by atoms with Crippen LogP contribution in [0.1, 0.15) is 20.3 Å². The third-order valence-electron chi connectivity index (χ3n) is 1.32. The Bertz CT molecular complexity index is 120. The number of amides is 1. The van der Waals surface area contributed by atoms with Gasteiger partial charge in [-0.2, -0.15) is 0 Å². The highest BCUT2D eigenvalue weighted by atomic mass is 16.1. The van der Waals surface area contributed by atoms with E-state index in [1.165, 1.54) is 0 Å². The van der Waals surface area contributed by atoms with Crippen LogP contribution in [0.2, 0.25) is 0 Å². The van der Waals surface area contributed by atoms with Crippen LogP contribution in [0.15, 0.2) is 12.7 Å². The summed E-state index contributed by atoms with van der Waals surface area (Å²) in [6, 6.07) is 0. The number of hydrogen-bond donors (Lipinski definition) is 1. The van der Waals surface area contributed by atoms with E-state index in [-0.39, 0.29) is 11.8 Å². The fraction of sp³-hybridized carbons (Fsp3) is 0.625. The number of hydrogen-bond acceptors (Lipinski definition) is 1. The van der Waals surface area contributed by atoms with Gasteiger partial charge < -0.3 is 5.32 Å². The average Bonchev–Trinajstić information content (AvgIpc) is 1.98. The topological polar surface area (TPSA) is 29.1 Å². The summed E-state index contributed by atoms with van der Waals surface area (Å²) in [5.41, 5.74) is 0. The van der Waals surface area contributed by atoms with Gasteiger partial charge in [-0.05, 0) is 6.42 Å². The SMILES string of the molecule is C=C[C@H](C)C(=O)NCCC. The molecule has 0 saturated carbocycles. The fourth-order valence-electron chi connectivity index (χ4n) is 0.516. The van der Waals surface area contributed by atoms with Crippen LogP contribution in [0, 0.1) is 5.92 Å². The molecule has 1 amide bonds. The minimum atomic E-state index is -0.0634. The molecule has 0 spiro atoms. The molecule has 0 aromatic rings. The molecule has 0 aromatic heterocycles. The van der Waals surface area contributed by atoms with Crippen LogP contribution in [0.5, 0.6) is 0 Å². The molecule has 1 atom stereocenters. The maximum atomic E-state index is 11.0. The monoisotopic (exact) mass is 141 g/mol. The van der Waals surface area contributed by atoms with Crippen LogP contribution in [0.3, 0.4) is 0 Å². The minimum Gasteiger partial charge on any atom is -0.356 e. The molecule has 10 heavy (non-hydrogen) atoms. The zero-order chi connectivity index (χ0) is 7.98. The van der Waals surface area contributed by atoms with Crippen molar-refractivity contribution < 1.29 is 4.79 Å².